The van der Waals surface area contributed by atoms with Crippen molar-refractivity contribution in [3.63, 3.8) is 0 Å². The Kier molecular flexibility index (Phi) is 3.62. The second kappa shape index (κ2) is 4.75. The van der Waals surface area contributed by atoms with E-state index in [4.69, 9.17) is 15.6 Å². The minimum atomic E-state index is -0.250. The molecule has 0 amide bonds. The van der Waals surface area contributed by atoms with Gasteiger partial charge in [-0.15, -0.1) is 11.3 Å². The van der Waals surface area contributed by atoms with Crippen LogP contribution in [0.25, 0.3) is 10.2 Å². The zero-order chi connectivity index (χ0) is 11.4. The molecule has 0 aliphatic heterocycles. The summed E-state index contributed by atoms with van der Waals surface area (Å²) < 4.78 is 0. The monoisotopic (exact) mass is 224 g/mol. The van der Waals surface area contributed by atoms with Crippen LogP contribution in [0.5, 0.6) is 0 Å². The van der Waals surface area contributed by atoms with E-state index < -0.39 is 0 Å². The van der Waals surface area contributed by atoms with Gasteiger partial charge >= 0.3 is 0 Å². The Morgan fingerprint density at radius 1 is 1.47 bits per heavy atom. The number of pyridine rings is 1. The highest BCUT2D eigenvalue weighted by Crippen LogP contribution is 2.31. The van der Waals surface area contributed by atoms with Gasteiger partial charge in [0.2, 0.25) is 0 Å². The first kappa shape index (κ1) is 11.5. The SMILES string of the molecule is Cc1ccc2c(N)c(C)sc2n1.O=CO. The predicted octanol–water partition coefficient (Wildman–Crippen LogP) is 2.20. The molecule has 0 spiro atoms. The fourth-order valence-corrected chi connectivity index (χ4v) is 2.19. The molecule has 3 N–H and O–H groups in total. The maximum atomic E-state index is 8.36. The molecule has 0 aliphatic carbocycles. The van der Waals surface area contributed by atoms with Gasteiger partial charge < -0.3 is 10.8 Å². The minimum absolute atomic E-state index is 0.250. The van der Waals surface area contributed by atoms with E-state index in [0.717, 1.165) is 26.5 Å². The highest BCUT2D eigenvalue weighted by Gasteiger charge is 2.05. The Morgan fingerprint density at radius 3 is 2.67 bits per heavy atom. The molecule has 2 aromatic heterocycles. The number of aromatic nitrogens is 1. The second-order valence-electron chi connectivity index (χ2n) is 2.98. The van der Waals surface area contributed by atoms with Gasteiger partial charge in [0.1, 0.15) is 4.83 Å². The van der Waals surface area contributed by atoms with Crippen molar-refractivity contribution in [3.8, 4) is 0 Å². The van der Waals surface area contributed by atoms with Crippen molar-refractivity contribution < 1.29 is 9.90 Å². The molecule has 80 valence electrons. The van der Waals surface area contributed by atoms with Crippen LogP contribution in [0.3, 0.4) is 0 Å². The van der Waals surface area contributed by atoms with Crippen LogP contribution in [0, 0.1) is 13.8 Å². The average molecular weight is 224 g/mol. The average Bonchev–Trinajstić information content (AvgIpc) is 2.43. The zero-order valence-corrected chi connectivity index (χ0v) is 9.34. The standard InChI is InChI=1S/C9H10N2S.CH2O2/c1-5-3-4-7-8(10)6(2)12-9(7)11-5;2-1-3/h3-4H,10H2,1-2H3;1H,(H,2,3). The third kappa shape index (κ3) is 2.44. The van der Waals surface area contributed by atoms with Crippen LogP contribution in [0.1, 0.15) is 10.6 Å². The smallest absolute Gasteiger partial charge is 0.290 e. The molecule has 0 aliphatic rings. The molecule has 5 heteroatoms. The molecule has 0 bridgehead atoms. The molecule has 2 rings (SSSR count). The minimum Gasteiger partial charge on any atom is -0.483 e. The van der Waals surface area contributed by atoms with Crippen molar-refractivity contribution in [1.29, 1.82) is 0 Å². The fourth-order valence-electron chi connectivity index (χ4n) is 1.21. The van der Waals surface area contributed by atoms with Gasteiger partial charge in [0.05, 0.1) is 5.69 Å². The lowest BCUT2D eigenvalue weighted by atomic mass is 10.2. The Bertz CT molecular complexity index is 479. The van der Waals surface area contributed by atoms with E-state index in [-0.39, 0.29) is 6.47 Å². The van der Waals surface area contributed by atoms with Crippen LogP contribution in [0.15, 0.2) is 12.1 Å². The van der Waals surface area contributed by atoms with Crippen LogP contribution in [0.2, 0.25) is 0 Å². The number of anilines is 1. The summed E-state index contributed by atoms with van der Waals surface area (Å²) in [6, 6.07) is 4.03. The number of nitrogens with zero attached hydrogens (tertiary/aromatic N) is 1. The number of carboxylic acid groups (broad SMARTS) is 1. The number of nitrogens with two attached hydrogens (primary N) is 1. The Labute approximate surface area is 91.4 Å². The summed E-state index contributed by atoms with van der Waals surface area (Å²) >= 11 is 1.66. The number of aryl methyl sites for hydroxylation is 2. The summed E-state index contributed by atoms with van der Waals surface area (Å²) in [5, 5.41) is 7.98. The maximum absolute atomic E-state index is 8.36. The molecule has 2 aromatic rings. The summed E-state index contributed by atoms with van der Waals surface area (Å²) in [6.07, 6.45) is 0. The van der Waals surface area contributed by atoms with Crippen LogP contribution in [-0.4, -0.2) is 16.6 Å². The zero-order valence-electron chi connectivity index (χ0n) is 8.52. The highest BCUT2D eigenvalue weighted by molar-refractivity contribution is 7.19. The third-order valence-electron chi connectivity index (χ3n) is 1.92. The molecule has 0 unspecified atom stereocenters. The van der Waals surface area contributed by atoms with Crippen LogP contribution in [0.4, 0.5) is 5.69 Å². The molecule has 4 nitrogen and oxygen atoms in total. The maximum Gasteiger partial charge on any atom is 0.290 e. The quantitative estimate of drug-likeness (QED) is 0.672. The van der Waals surface area contributed by atoms with Crippen molar-refractivity contribution in [2.45, 2.75) is 13.8 Å². The molecular weight excluding hydrogens is 212 g/mol. The molecule has 15 heavy (non-hydrogen) atoms. The lowest BCUT2D eigenvalue weighted by molar-refractivity contribution is -0.122. The summed E-state index contributed by atoms with van der Waals surface area (Å²) in [5.74, 6) is 0. The van der Waals surface area contributed by atoms with Crippen molar-refractivity contribution >= 4 is 33.7 Å². The van der Waals surface area contributed by atoms with E-state index in [1.54, 1.807) is 11.3 Å². The van der Waals surface area contributed by atoms with Crippen LogP contribution in [-0.2, 0) is 4.79 Å². The number of nitrogen functional groups attached to an aromatic ring is 1. The normalized spacial score (nSPS) is 9.47. The number of hydrogen-bond acceptors (Lipinski definition) is 4. The van der Waals surface area contributed by atoms with Gasteiger partial charge in [0, 0.05) is 16.0 Å². The molecule has 0 aromatic carbocycles. The van der Waals surface area contributed by atoms with Gasteiger partial charge in [-0.05, 0) is 26.0 Å². The van der Waals surface area contributed by atoms with Crippen molar-refractivity contribution in [1.82, 2.24) is 4.98 Å². The predicted molar refractivity (Wildman–Crippen MR) is 62.2 cm³/mol. The summed E-state index contributed by atoms with van der Waals surface area (Å²) in [7, 11) is 0. The van der Waals surface area contributed by atoms with Crippen molar-refractivity contribution in [2.24, 2.45) is 0 Å². The molecule has 0 saturated carbocycles. The van der Waals surface area contributed by atoms with Gasteiger partial charge in [-0.3, -0.25) is 4.79 Å². The van der Waals surface area contributed by atoms with Gasteiger partial charge in [-0.25, -0.2) is 4.98 Å². The topological polar surface area (TPSA) is 76.2 Å². The first-order valence-electron chi connectivity index (χ1n) is 4.30. The summed E-state index contributed by atoms with van der Waals surface area (Å²) in [6.45, 7) is 3.77. The van der Waals surface area contributed by atoms with Gasteiger partial charge in [-0.1, -0.05) is 0 Å². The van der Waals surface area contributed by atoms with Gasteiger partial charge in [-0.2, -0.15) is 0 Å². The Hall–Kier alpha value is -1.62. The van der Waals surface area contributed by atoms with Crippen LogP contribution >= 0.6 is 11.3 Å². The highest BCUT2D eigenvalue weighted by atomic mass is 32.1. The molecule has 0 saturated heterocycles. The van der Waals surface area contributed by atoms with Gasteiger partial charge in [0.15, 0.2) is 0 Å². The van der Waals surface area contributed by atoms with E-state index in [2.05, 4.69) is 4.98 Å². The van der Waals surface area contributed by atoms with Crippen molar-refractivity contribution in [2.75, 3.05) is 5.73 Å². The van der Waals surface area contributed by atoms with E-state index in [1.165, 1.54) is 0 Å². The first-order valence-corrected chi connectivity index (χ1v) is 5.12. The lowest BCUT2D eigenvalue weighted by Crippen LogP contribution is -1.84. The number of fused-ring (bicyclic) bond motifs is 1. The van der Waals surface area contributed by atoms with E-state index in [0.29, 0.717) is 0 Å². The van der Waals surface area contributed by atoms with Crippen molar-refractivity contribution in [3.05, 3.63) is 22.7 Å². The first-order chi connectivity index (χ1) is 7.10. The summed E-state index contributed by atoms with van der Waals surface area (Å²) in [5.41, 5.74) is 7.78. The lowest BCUT2D eigenvalue weighted by Gasteiger charge is -1.92. The fraction of sp³-hybridized carbons (Fsp3) is 0.200. The molecule has 0 atom stereocenters. The molecular formula is C10H12N2O2S. The third-order valence-corrected chi connectivity index (χ3v) is 2.95. The van der Waals surface area contributed by atoms with Gasteiger partial charge in [0.25, 0.3) is 6.47 Å². The largest absolute Gasteiger partial charge is 0.483 e. The molecule has 0 radical (unpaired) electrons. The summed E-state index contributed by atoms with van der Waals surface area (Å²) in [4.78, 5) is 15.0. The van der Waals surface area contributed by atoms with E-state index in [9.17, 15) is 0 Å². The van der Waals surface area contributed by atoms with E-state index >= 15 is 0 Å². The van der Waals surface area contributed by atoms with E-state index in [1.807, 2.05) is 26.0 Å². The van der Waals surface area contributed by atoms with Crippen LogP contribution < -0.4 is 5.73 Å². The number of thiophene rings is 1. The number of rotatable bonds is 0. The number of carbonyl (C=O) groups is 1. The Morgan fingerprint density at radius 2 is 2.07 bits per heavy atom. The number of hydrogen-bond donors (Lipinski definition) is 2. The second-order valence-corrected chi connectivity index (χ2v) is 4.19. The molecule has 2 heterocycles. The Balaban J connectivity index is 0.000000337. The molecule has 0 fully saturated rings.